The van der Waals surface area contributed by atoms with Crippen molar-refractivity contribution < 1.29 is 5.11 Å². The van der Waals surface area contributed by atoms with Crippen LogP contribution >= 0.6 is 0 Å². The number of pyridine rings is 1. The maximum Gasteiger partial charge on any atom is 0.130 e. The van der Waals surface area contributed by atoms with Crippen LogP contribution in [-0.4, -0.2) is 36.8 Å². The van der Waals surface area contributed by atoms with Gasteiger partial charge in [-0.05, 0) is 30.9 Å². The van der Waals surface area contributed by atoms with Gasteiger partial charge in [0.15, 0.2) is 0 Å². The molecule has 4 heteroatoms. The van der Waals surface area contributed by atoms with E-state index in [1.165, 1.54) is 0 Å². The highest BCUT2D eigenvalue weighted by atomic mass is 16.3. The summed E-state index contributed by atoms with van der Waals surface area (Å²) in [7, 11) is 3.92. The predicted octanol–water partition coefficient (Wildman–Crippen LogP) is 1.33. The van der Waals surface area contributed by atoms with Crippen LogP contribution in [0, 0.1) is 5.92 Å². The van der Waals surface area contributed by atoms with Gasteiger partial charge in [-0.1, -0.05) is 6.07 Å². The molecule has 1 aliphatic carbocycles. The Morgan fingerprint density at radius 3 is 2.88 bits per heavy atom. The fourth-order valence-electron chi connectivity index (χ4n) is 2.11. The number of aliphatic hydroxyl groups excluding tert-OH is 1. The van der Waals surface area contributed by atoms with Gasteiger partial charge in [-0.25, -0.2) is 4.98 Å². The van der Waals surface area contributed by atoms with Crippen LogP contribution in [0.15, 0.2) is 18.2 Å². The number of nitrogens with one attached hydrogen (secondary N) is 1. The predicted molar refractivity (Wildman–Crippen MR) is 65.8 cm³/mol. The fraction of sp³-hybridized carbons (Fsp3) is 0.583. The summed E-state index contributed by atoms with van der Waals surface area (Å²) in [6.45, 7) is 0.969. The van der Waals surface area contributed by atoms with Crippen molar-refractivity contribution >= 4 is 11.6 Å². The van der Waals surface area contributed by atoms with E-state index >= 15 is 0 Å². The van der Waals surface area contributed by atoms with Gasteiger partial charge in [0.1, 0.15) is 11.6 Å². The van der Waals surface area contributed by atoms with E-state index in [2.05, 4.69) is 15.2 Å². The van der Waals surface area contributed by atoms with Gasteiger partial charge in [-0.3, -0.25) is 0 Å². The van der Waals surface area contributed by atoms with Gasteiger partial charge in [0, 0.05) is 20.6 Å². The monoisotopic (exact) mass is 221 g/mol. The largest absolute Gasteiger partial charge is 0.393 e. The van der Waals surface area contributed by atoms with Crippen LogP contribution < -0.4 is 10.2 Å². The lowest BCUT2D eigenvalue weighted by molar-refractivity contribution is 0.0464. The number of hydrogen-bond donors (Lipinski definition) is 2. The molecule has 2 N–H and O–H groups in total. The Kier molecular flexibility index (Phi) is 3.29. The summed E-state index contributed by atoms with van der Waals surface area (Å²) >= 11 is 0. The fourth-order valence-corrected chi connectivity index (χ4v) is 2.11. The Morgan fingerprint density at radius 2 is 2.25 bits per heavy atom. The third-order valence-corrected chi connectivity index (χ3v) is 3.12. The summed E-state index contributed by atoms with van der Waals surface area (Å²) in [5, 5.41) is 12.3. The summed E-state index contributed by atoms with van der Waals surface area (Å²) in [6, 6.07) is 5.96. The first-order valence-electron chi connectivity index (χ1n) is 5.73. The first-order valence-corrected chi connectivity index (χ1v) is 5.73. The van der Waals surface area contributed by atoms with Crippen LogP contribution in [0.1, 0.15) is 12.8 Å². The van der Waals surface area contributed by atoms with Crippen LogP contribution in [0.5, 0.6) is 0 Å². The number of rotatable bonds is 4. The third-order valence-electron chi connectivity index (χ3n) is 3.12. The first-order chi connectivity index (χ1) is 7.69. The molecule has 0 aromatic carbocycles. The second-order valence-electron chi connectivity index (χ2n) is 4.50. The Hall–Kier alpha value is -1.29. The van der Waals surface area contributed by atoms with Crippen molar-refractivity contribution in [3.63, 3.8) is 0 Å². The standard InChI is InChI=1S/C12H19N3O/c1-13-11-4-3-5-12(14-11)15(2)8-9-6-10(16)7-9/h3-5,9-10,16H,6-8H2,1-2H3,(H,13,14). The first kappa shape index (κ1) is 11.2. The van der Waals surface area contributed by atoms with Crippen LogP contribution in [-0.2, 0) is 0 Å². The van der Waals surface area contributed by atoms with Crippen molar-refractivity contribution in [2.45, 2.75) is 18.9 Å². The van der Waals surface area contributed by atoms with Crippen molar-refractivity contribution in [3.8, 4) is 0 Å². The van der Waals surface area contributed by atoms with Gasteiger partial charge in [-0.15, -0.1) is 0 Å². The van der Waals surface area contributed by atoms with E-state index < -0.39 is 0 Å². The number of aliphatic hydroxyl groups is 1. The summed E-state index contributed by atoms with van der Waals surface area (Å²) in [4.78, 5) is 6.62. The highest BCUT2D eigenvalue weighted by Crippen LogP contribution is 2.28. The molecule has 0 radical (unpaired) electrons. The molecule has 16 heavy (non-hydrogen) atoms. The van der Waals surface area contributed by atoms with Crippen molar-refractivity contribution in [1.29, 1.82) is 0 Å². The normalized spacial score (nSPS) is 23.7. The quantitative estimate of drug-likeness (QED) is 0.805. The van der Waals surface area contributed by atoms with E-state index in [1.54, 1.807) is 0 Å². The van der Waals surface area contributed by atoms with E-state index in [4.69, 9.17) is 0 Å². The van der Waals surface area contributed by atoms with Crippen molar-refractivity contribution in [3.05, 3.63) is 18.2 Å². The maximum absolute atomic E-state index is 9.24. The lowest BCUT2D eigenvalue weighted by atomic mass is 9.82. The molecule has 1 aliphatic rings. The van der Waals surface area contributed by atoms with E-state index in [0.717, 1.165) is 31.0 Å². The molecule has 1 saturated carbocycles. The zero-order valence-electron chi connectivity index (χ0n) is 9.85. The average molecular weight is 221 g/mol. The molecule has 0 spiro atoms. The molecule has 88 valence electrons. The maximum atomic E-state index is 9.24. The van der Waals surface area contributed by atoms with Gasteiger partial charge in [-0.2, -0.15) is 0 Å². The lowest BCUT2D eigenvalue weighted by Crippen LogP contribution is -2.37. The summed E-state index contributed by atoms with van der Waals surface area (Å²) in [6.07, 6.45) is 1.78. The van der Waals surface area contributed by atoms with Crippen molar-refractivity contribution in [2.24, 2.45) is 5.92 Å². The van der Waals surface area contributed by atoms with Gasteiger partial charge >= 0.3 is 0 Å². The summed E-state index contributed by atoms with van der Waals surface area (Å²) in [5.41, 5.74) is 0. The van der Waals surface area contributed by atoms with Crippen LogP contribution in [0.2, 0.25) is 0 Å². The number of hydrogen-bond acceptors (Lipinski definition) is 4. The highest BCUT2D eigenvalue weighted by Gasteiger charge is 2.28. The zero-order valence-corrected chi connectivity index (χ0v) is 9.85. The molecule has 2 rings (SSSR count). The molecule has 1 fully saturated rings. The molecule has 0 aliphatic heterocycles. The van der Waals surface area contributed by atoms with E-state index in [9.17, 15) is 5.11 Å². The van der Waals surface area contributed by atoms with E-state index in [0.29, 0.717) is 5.92 Å². The van der Waals surface area contributed by atoms with E-state index in [1.807, 2.05) is 32.3 Å². The van der Waals surface area contributed by atoms with Gasteiger partial charge in [0.05, 0.1) is 6.10 Å². The van der Waals surface area contributed by atoms with Gasteiger partial charge in [0.2, 0.25) is 0 Å². The topological polar surface area (TPSA) is 48.4 Å². The van der Waals surface area contributed by atoms with E-state index in [-0.39, 0.29) is 6.10 Å². The van der Waals surface area contributed by atoms with Crippen LogP contribution in [0.3, 0.4) is 0 Å². The number of aromatic nitrogens is 1. The number of anilines is 2. The number of nitrogens with zero attached hydrogens (tertiary/aromatic N) is 2. The highest BCUT2D eigenvalue weighted by molar-refractivity contribution is 5.46. The van der Waals surface area contributed by atoms with Crippen molar-refractivity contribution in [2.75, 3.05) is 30.9 Å². The average Bonchev–Trinajstić information content (AvgIpc) is 2.27. The smallest absolute Gasteiger partial charge is 0.130 e. The molecule has 0 bridgehead atoms. The molecule has 1 aromatic rings. The Balaban J connectivity index is 1.94. The lowest BCUT2D eigenvalue weighted by Gasteiger charge is -2.34. The second-order valence-corrected chi connectivity index (χ2v) is 4.50. The summed E-state index contributed by atoms with van der Waals surface area (Å²) in [5.74, 6) is 2.48. The molecular formula is C12H19N3O. The molecule has 4 nitrogen and oxygen atoms in total. The SMILES string of the molecule is CNc1cccc(N(C)CC2CC(O)C2)n1. The molecule has 0 atom stereocenters. The van der Waals surface area contributed by atoms with Gasteiger partial charge < -0.3 is 15.3 Å². The molecule has 0 saturated heterocycles. The van der Waals surface area contributed by atoms with Crippen LogP contribution in [0.25, 0.3) is 0 Å². The molecule has 0 unspecified atom stereocenters. The second kappa shape index (κ2) is 4.70. The Bertz CT molecular complexity index is 350. The zero-order chi connectivity index (χ0) is 11.5. The van der Waals surface area contributed by atoms with Crippen molar-refractivity contribution in [1.82, 2.24) is 4.98 Å². The Morgan fingerprint density at radius 1 is 1.50 bits per heavy atom. The third kappa shape index (κ3) is 2.44. The molecule has 1 heterocycles. The van der Waals surface area contributed by atoms with Gasteiger partial charge in [0.25, 0.3) is 0 Å². The molecule has 1 aromatic heterocycles. The molecular weight excluding hydrogens is 202 g/mol. The minimum atomic E-state index is -0.0741. The minimum absolute atomic E-state index is 0.0741. The van der Waals surface area contributed by atoms with Crippen LogP contribution in [0.4, 0.5) is 11.6 Å². The Labute approximate surface area is 96.3 Å². The minimum Gasteiger partial charge on any atom is -0.393 e. The summed E-state index contributed by atoms with van der Waals surface area (Å²) < 4.78 is 0. The molecule has 0 amide bonds.